The number of aliphatic hydroxyl groups excluding tert-OH is 3. The highest BCUT2D eigenvalue weighted by atomic mass is 19.1. The van der Waals surface area contributed by atoms with Gasteiger partial charge in [-0.2, -0.15) is 4.98 Å². The van der Waals surface area contributed by atoms with Gasteiger partial charge in [-0.3, -0.25) is 4.57 Å². The lowest BCUT2D eigenvalue weighted by Crippen LogP contribution is -2.37. The molecule has 9 heteroatoms. The summed E-state index contributed by atoms with van der Waals surface area (Å²) in [6.45, 7) is 1.58. The third kappa shape index (κ3) is 2.32. The van der Waals surface area contributed by atoms with E-state index in [0.29, 0.717) is 5.56 Å². The molecule has 8 nitrogen and oxygen atoms in total. The Labute approximate surface area is 106 Å². The Morgan fingerprint density at radius 3 is 2.68 bits per heavy atom. The summed E-state index contributed by atoms with van der Waals surface area (Å²) in [5, 5.41) is 28.1. The van der Waals surface area contributed by atoms with E-state index in [1.165, 1.54) is 6.20 Å². The number of aryl methyl sites for hydroxylation is 1. The number of alkyl halides is 1. The summed E-state index contributed by atoms with van der Waals surface area (Å²) in [7, 11) is 0. The van der Waals surface area contributed by atoms with E-state index in [0.717, 1.165) is 4.57 Å². The van der Waals surface area contributed by atoms with Crippen molar-refractivity contribution in [2.75, 3.05) is 5.73 Å². The molecule has 2 heterocycles. The number of rotatable bonds is 2. The zero-order valence-corrected chi connectivity index (χ0v) is 9.97. The van der Waals surface area contributed by atoms with E-state index < -0.39 is 36.6 Å². The SMILES string of the molecule is Cc1cn([C@@H]2O[C@H](C(O)F)[C@@H](O)[C@H]2O)c(=O)nc1N. The van der Waals surface area contributed by atoms with Crippen LogP contribution in [-0.2, 0) is 4.74 Å². The van der Waals surface area contributed by atoms with E-state index in [2.05, 4.69) is 4.98 Å². The summed E-state index contributed by atoms with van der Waals surface area (Å²) >= 11 is 0. The highest BCUT2D eigenvalue weighted by molar-refractivity contribution is 5.35. The lowest BCUT2D eigenvalue weighted by Gasteiger charge is -2.17. The Balaban J connectivity index is 2.38. The minimum absolute atomic E-state index is 0.0244. The molecule has 1 aliphatic heterocycles. The summed E-state index contributed by atoms with van der Waals surface area (Å²) in [5.41, 5.74) is 5.09. The Hall–Kier alpha value is -1.55. The van der Waals surface area contributed by atoms with Crippen molar-refractivity contribution in [2.24, 2.45) is 0 Å². The number of hydrogen-bond donors (Lipinski definition) is 4. The van der Waals surface area contributed by atoms with Crippen molar-refractivity contribution >= 4 is 5.82 Å². The molecule has 0 aliphatic carbocycles. The van der Waals surface area contributed by atoms with Crippen LogP contribution in [-0.4, -0.2) is 49.5 Å². The van der Waals surface area contributed by atoms with Gasteiger partial charge >= 0.3 is 5.69 Å². The molecule has 0 spiro atoms. The number of ether oxygens (including phenoxy) is 1. The molecule has 0 radical (unpaired) electrons. The van der Waals surface area contributed by atoms with Crippen molar-refractivity contribution in [1.29, 1.82) is 0 Å². The lowest BCUT2D eigenvalue weighted by atomic mass is 10.1. The predicted molar refractivity (Wildman–Crippen MR) is 60.7 cm³/mol. The minimum atomic E-state index is -2.48. The summed E-state index contributed by atoms with van der Waals surface area (Å²) in [5.74, 6) is 0.0244. The van der Waals surface area contributed by atoms with E-state index in [1.54, 1.807) is 6.92 Å². The van der Waals surface area contributed by atoms with Crippen molar-refractivity contribution in [2.45, 2.75) is 37.8 Å². The molecular formula is C10H14FN3O5. The van der Waals surface area contributed by atoms with Crippen molar-refractivity contribution in [3.63, 3.8) is 0 Å². The van der Waals surface area contributed by atoms with Crippen LogP contribution in [0.15, 0.2) is 11.0 Å². The van der Waals surface area contributed by atoms with Crippen LogP contribution in [0.5, 0.6) is 0 Å². The maximum absolute atomic E-state index is 12.8. The molecule has 5 N–H and O–H groups in total. The number of aliphatic hydroxyl groups is 3. The van der Waals surface area contributed by atoms with Gasteiger partial charge in [0.25, 0.3) is 0 Å². The number of anilines is 1. The largest absolute Gasteiger partial charge is 0.387 e. The quantitative estimate of drug-likeness (QED) is 0.493. The highest BCUT2D eigenvalue weighted by Gasteiger charge is 2.47. The van der Waals surface area contributed by atoms with Crippen LogP contribution in [0.4, 0.5) is 10.2 Å². The Morgan fingerprint density at radius 2 is 2.16 bits per heavy atom. The fourth-order valence-corrected chi connectivity index (χ4v) is 1.90. The Bertz CT molecular complexity index is 534. The number of halogens is 1. The molecule has 0 aromatic carbocycles. The first-order valence-corrected chi connectivity index (χ1v) is 5.52. The molecule has 1 aliphatic rings. The summed E-state index contributed by atoms with van der Waals surface area (Å²) in [6.07, 6.45) is -7.41. The second-order valence-electron chi connectivity index (χ2n) is 4.34. The van der Waals surface area contributed by atoms with E-state index >= 15 is 0 Å². The average Bonchev–Trinajstić information content (AvgIpc) is 2.62. The van der Waals surface area contributed by atoms with Gasteiger partial charge in [0.15, 0.2) is 6.23 Å². The van der Waals surface area contributed by atoms with Gasteiger partial charge in [-0.1, -0.05) is 0 Å². The first-order valence-electron chi connectivity index (χ1n) is 5.52. The predicted octanol–water partition coefficient (Wildman–Crippen LogP) is -1.96. The molecule has 19 heavy (non-hydrogen) atoms. The number of nitrogens with zero attached hydrogens (tertiary/aromatic N) is 2. The maximum Gasteiger partial charge on any atom is 0.351 e. The number of nitrogen functional groups attached to an aromatic ring is 1. The zero-order chi connectivity index (χ0) is 14.3. The van der Waals surface area contributed by atoms with Gasteiger partial charge in [-0.25, -0.2) is 9.18 Å². The van der Waals surface area contributed by atoms with Crippen LogP contribution >= 0.6 is 0 Å². The van der Waals surface area contributed by atoms with Crippen LogP contribution in [0.1, 0.15) is 11.8 Å². The molecule has 2 rings (SSSR count). The summed E-state index contributed by atoms with van der Waals surface area (Å²) in [4.78, 5) is 15.2. The van der Waals surface area contributed by atoms with E-state index in [-0.39, 0.29) is 5.82 Å². The second-order valence-corrected chi connectivity index (χ2v) is 4.34. The smallest absolute Gasteiger partial charge is 0.351 e. The monoisotopic (exact) mass is 275 g/mol. The summed E-state index contributed by atoms with van der Waals surface area (Å²) < 4.78 is 18.7. The number of aromatic nitrogens is 2. The van der Waals surface area contributed by atoms with Crippen LogP contribution in [0.3, 0.4) is 0 Å². The molecule has 0 saturated carbocycles. The van der Waals surface area contributed by atoms with Crippen LogP contribution in [0, 0.1) is 6.92 Å². The van der Waals surface area contributed by atoms with Crippen molar-refractivity contribution in [1.82, 2.24) is 9.55 Å². The molecule has 1 aromatic heterocycles. The van der Waals surface area contributed by atoms with Crippen molar-refractivity contribution in [3.8, 4) is 0 Å². The van der Waals surface area contributed by atoms with Gasteiger partial charge in [0, 0.05) is 11.8 Å². The fraction of sp³-hybridized carbons (Fsp3) is 0.600. The van der Waals surface area contributed by atoms with Crippen molar-refractivity contribution in [3.05, 3.63) is 22.2 Å². The minimum Gasteiger partial charge on any atom is -0.387 e. The second kappa shape index (κ2) is 4.85. The zero-order valence-electron chi connectivity index (χ0n) is 9.97. The molecule has 1 saturated heterocycles. The van der Waals surface area contributed by atoms with Gasteiger partial charge in [0.2, 0.25) is 6.36 Å². The first kappa shape index (κ1) is 13.9. The third-order valence-electron chi connectivity index (χ3n) is 2.99. The highest BCUT2D eigenvalue weighted by Crippen LogP contribution is 2.30. The number of nitrogens with two attached hydrogens (primary N) is 1. The molecule has 1 aromatic rings. The van der Waals surface area contributed by atoms with E-state index in [1.807, 2.05) is 0 Å². The standard InChI is InChI=1S/C10H14FN3O5/c1-3-2-14(10(18)13-8(3)12)9-5(16)4(15)6(19-9)7(11)17/h2,4-7,9,15-17H,1H3,(H2,12,13,18)/t4-,5+,6-,7?,9+/m0/s1. The van der Waals surface area contributed by atoms with Gasteiger partial charge in [-0.15, -0.1) is 0 Å². The average molecular weight is 275 g/mol. The summed E-state index contributed by atoms with van der Waals surface area (Å²) in [6, 6.07) is 0. The molecule has 0 bridgehead atoms. The number of hydrogen-bond acceptors (Lipinski definition) is 7. The topological polar surface area (TPSA) is 131 Å². The third-order valence-corrected chi connectivity index (χ3v) is 2.99. The molecule has 0 amide bonds. The molecule has 106 valence electrons. The molecule has 1 fully saturated rings. The van der Waals surface area contributed by atoms with E-state index in [9.17, 15) is 19.4 Å². The maximum atomic E-state index is 12.8. The normalized spacial score (nSPS) is 32.5. The molecule has 5 atom stereocenters. The van der Waals surface area contributed by atoms with Crippen molar-refractivity contribution < 1.29 is 24.4 Å². The Kier molecular flexibility index (Phi) is 3.54. The van der Waals surface area contributed by atoms with Crippen LogP contribution < -0.4 is 11.4 Å². The fourth-order valence-electron chi connectivity index (χ4n) is 1.90. The van der Waals surface area contributed by atoms with Crippen LogP contribution in [0.25, 0.3) is 0 Å². The first-order chi connectivity index (χ1) is 8.82. The van der Waals surface area contributed by atoms with Gasteiger partial charge < -0.3 is 25.8 Å². The van der Waals surface area contributed by atoms with Gasteiger partial charge in [-0.05, 0) is 6.92 Å². The molecule has 1 unspecified atom stereocenters. The van der Waals surface area contributed by atoms with Crippen LogP contribution in [0.2, 0.25) is 0 Å². The van der Waals surface area contributed by atoms with E-state index in [4.69, 9.17) is 15.6 Å². The van der Waals surface area contributed by atoms with Gasteiger partial charge in [0.05, 0.1) is 0 Å². The lowest BCUT2D eigenvalue weighted by molar-refractivity contribution is -0.131. The Morgan fingerprint density at radius 1 is 1.53 bits per heavy atom. The van der Waals surface area contributed by atoms with Gasteiger partial charge in [0.1, 0.15) is 24.1 Å². The molecular weight excluding hydrogens is 261 g/mol.